The molecule has 1 atom stereocenters. The van der Waals surface area contributed by atoms with Crippen LogP contribution in [0.25, 0.3) is 0 Å². The van der Waals surface area contributed by atoms with Crippen molar-refractivity contribution in [2.45, 2.75) is 26.4 Å². The fraction of sp³-hybridized carbons (Fsp3) is 0.350. The van der Waals surface area contributed by atoms with Crippen LogP contribution in [0.1, 0.15) is 30.6 Å². The first-order chi connectivity index (χ1) is 12.1. The number of halogens is 1. The molecule has 132 valence electrons. The number of likely N-dealkylation sites (N-methyl/N-ethyl adjacent to an activating group) is 1. The van der Waals surface area contributed by atoms with Crippen molar-refractivity contribution >= 4 is 17.4 Å². The number of carbonyl (C=O) groups excluding carboxylic acids is 1. The van der Waals surface area contributed by atoms with Gasteiger partial charge < -0.3 is 9.79 Å². The van der Waals surface area contributed by atoms with Crippen LogP contribution in [0.5, 0.6) is 0 Å². The Bertz CT molecular complexity index is 747. The van der Waals surface area contributed by atoms with E-state index in [0.717, 1.165) is 30.8 Å². The van der Waals surface area contributed by atoms with Gasteiger partial charge >= 0.3 is 0 Å². The van der Waals surface area contributed by atoms with E-state index in [-0.39, 0.29) is 11.9 Å². The molecule has 2 aliphatic rings. The summed E-state index contributed by atoms with van der Waals surface area (Å²) < 4.78 is 0. The molecule has 1 aromatic rings. The van der Waals surface area contributed by atoms with Crippen molar-refractivity contribution in [2.75, 3.05) is 19.6 Å². The number of ketones is 1. The monoisotopic (exact) mass is 359 g/mol. The molecule has 0 aromatic heterocycles. The highest BCUT2D eigenvalue weighted by atomic mass is 35.5. The van der Waals surface area contributed by atoms with Crippen LogP contribution in [0.3, 0.4) is 0 Å². The lowest BCUT2D eigenvalue weighted by Gasteiger charge is -2.28. The van der Waals surface area contributed by atoms with Crippen LogP contribution < -0.4 is 0 Å². The van der Waals surface area contributed by atoms with Crippen LogP contribution in [0, 0.1) is 0 Å². The number of carbonyl (C=O) groups is 1. The first kappa shape index (κ1) is 17.9. The van der Waals surface area contributed by atoms with Crippen molar-refractivity contribution in [3.8, 4) is 0 Å². The highest BCUT2D eigenvalue weighted by Gasteiger charge is 2.26. The smallest absolute Gasteiger partial charge is 0.189 e. The second-order valence-corrected chi connectivity index (χ2v) is 6.57. The molecular formula is C20H22ClNO3. The van der Waals surface area contributed by atoms with Gasteiger partial charge in [0.2, 0.25) is 0 Å². The molecule has 0 amide bonds. The van der Waals surface area contributed by atoms with Gasteiger partial charge in [-0.05, 0) is 37.4 Å². The fourth-order valence-corrected chi connectivity index (χ4v) is 3.20. The first-order valence-electron chi connectivity index (χ1n) is 8.58. The lowest BCUT2D eigenvalue weighted by molar-refractivity contribution is -0.289. The van der Waals surface area contributed by atoms with Gasteiger partial charge in [0.15, 0.2) is 11.5 Å². The Balaban J connectivity index is 1.76. The summed E-state index contributed by atoms with van der Waals surface area (Å²) in [4.78, 5) is 25.9. The number of Topliss-reactive ketones (excluding diaryl/α,β-unsaturated/α-hetero) is 1. The minimum absolute atomic E-state index is 0.00881. The second-order valence-electron chi connectivity index (χ2n) is 6.13. The van der Waals surface area contributed by atoms with E-state index in [1.807, 2.05) is 0 Å². The zero-order valence-corrected chi connectivity index (χ0v) is 15.3. The third-order valence-corrected chi connectivity index (χ3v) is 4.73. The molecule has 0 bridgehead atoms. The van der Waals surface area contributed by atoms with E-state index >= 15 is 0 Å². The topological polar surface area (TPSA) is 38.8 Å². The molecule has 0 N–H and O–H groups in total. The maximum atomic E-state index is 12.7. The van der Waals surface area contributed by atoms with E-state index in [0.29, 0.717) is 22.8 Å². The van der Waals surface area contributed by atoms with Crippen molar-refractivity contribution in [1.82, 2.24) is 4.90 Å². The Hall–Kier alpha value is -1.88. The Kier molecular flexibility index (Phi) is 5.74. The summed E-state index contributed by atoms with van der Waals surface area (Å²) in [7, 11) is 0. The molecular weight excluding hydrogens is 338 g/mol. The van der Waals surface area contributed by atoms with Gasteiger partial charge in [-0.15, -0.1) is 0 Å². The normalized spacial score (nSPS) is 19.5. The van der Waals surface area contributed by atoms with Crippen molar-refractivity contribution in [3.05, 3.63) is 70.0 Å². The van der Waals surface area contributed by atoms with Crippen molar-refractivity contribution in [1.29, 1.82) is 0 Å². The SMILES string of the molecule is CCN(CC)CC1C=C2CC(C(=O)c3cccc(Cl)c3)=CC=C2OO1. The number of hydrogen-bond acceptors (Lipinski definition) is 4. The van der Waals surface area contributed by atoms with Gasteiger partial charge in [-0.1, -0.05) is 43.7 Å². The molecule has 4 nitrogen and oxygen atoms in total. The predicted octanol–water partition coefficient (Wildman–Crippen LogP) is 4.34. The van der Waals surface area contributed by atoms with E-state index in [1.165, 1.54) is 0 Å². The lowest BCUT2D eigenvalue weighted by atomic mass is 9.91. The minimum atomic E-state index is -0.132. The van der Waals surface area contributed by atoms with Gasteiger partial charge in [0.05, 0.1) is 0 Å². The minimum Gasteiger partial charge on any atom is -0.337 e. The summed E-state index contributed by atoms with van der Waals surface area (Å²) in [6, 6.07) is 7.03. The third kappa shape index (κ3) is 4.21. The van der Waals surface area contributed by atoms with Crippen LogP contribution in [0.4, 0.5) is 0 Å². The van der Waals surface area contributed by atoms with E-state index in [1.54, 1.807) is 36.4 Å². The molecule has 0 saturated carbocycles. The van der Waals surface area contributed by atoms with Gasteiger partial charge in [-0.25, -0.2) is 0 Å². The van der Waals surface area contributed by atoms with Crippen LogP contribution in [0.2, 0.25) is 5.02 Å². The number of fused-ring (bicyclic) bond motifs is 1. The number of allylic oxidation sites excluding steroid dienone is 4. The number of rotatable bonds is 6. The fourth-order valence-electron chi connectivity index (χ4n) is 3.01. The molecule has 1 aliphatic heterocycles. The maximum Gasteiger partial charge on any atom is 0.189 e. The average molecular weight is 360 g/mol. The molecule has 0 fully saturated rings. The highest BCUT2D eigenvalue weighted by Crippen LogP contribution is 2.32. The first-order valence-corrected chi connectivity index (χ1v) is 8.96. The zero-order chi connectivity index (χ0) is 17.8. The number of hydrogen-bond donors (Lipinski definition) is 0. The van der Waals surface area contributed by atoms with E-state index in [4.69, 9.17) is 21.4 Å². The molecule has 0 radical (unpaired) electrons. The van der Waals surface area contributed by atoms with Gasteiger partial charge in [-0.3, -0.25) is 4.79 Å². The molecule has 5 heteroatoms. The van der Waals surface area contributed by atoms with Gasteiger partial charge in [0, 0.05) is 34.7 Å². The summed E-state index contributed by atoms with van der Waals surface area (Å²) in [6.45, 7) is 6.93. The van der Waals surface area contributed by atoms with Crippen molar-refractivity contribution < 1.29 is 14.6 Å². The van der Waals surface area contributed by atoms with E-state index in [9.17, 15) is 4.79 Å². The van der Waals surface area contributed by atoms with Crippen molar-refractivity contribution in [3.63, 3.8) is 0 Å². The molecule has 1 unspecified atom stereocenters. The molecule has 1 aliphatic carbocycles. The Labute approximate surface area is 153 Å². The molecule has 0 saturated heterocycles. The number of nitrogens with zero attached hydrogens (tertiary/aromatic N) is 1. The largest absolute Gasteiger partial charge is 0.337 e. The lowest BCUT2D eigenvalue weighted by Crippen LogP contribution is -2.34. The standard InChI is InChI=1S/C20H22ClNO3/c1-3-22(4-2)13-18-12-16-10-15(8-9-19(16)25-24-18)20(23)14-6-5-7-17(21)11-14/h5-9,11-12,18H,3-4,10,13H2,1-2H3. The Morgan fingerprint density at radius 2 is 2.08 bits per heavy atom. The molecule has 0 spiro atoms. The van der Waals surface area contributed by atoms with Crippen LogP contribution in [-0.2, 0) is 9.78 Å². The third-order valence-electron chi connectivity index (χ3n) is 4.49. The summed E-state index contributed by atoms with van der Waals surface area (Å²) >= 11 is 6.00. The average Bonchev–Trinajstić information content (AvgIpc) is 2.64. The van der Waals surface area contributed by atoms with Crippen LogP contribution in [-0.4, -0.2) is 36.4 Å². The molecule has 3 rings (SSSR count). The molecule has 25 heavy (non-hydrogen) atoms. The predicted molar refractivity (Wildman–Crippen MR) is 98.4 cm³/mol. The Morgan fingerprint density at radius 1 is 1.28 bits per heavy atom. The zero-order valence-electron chi connectivity index (χ0n) is 14.5. The molecule has 1 heterocycles. The summed E-state index contributed by atoms with van der Waals surface area (Å²) in [5.74, 6) is 0.670. The van der Waals surface area contributed by atoms with E-state index in [2.05, 4.69) is 24.8 Å². The van der Waals surface area contributed by atoms with Crippen LogP contribution >= 0.6 is 11.6 Å². The van der Waals surface area contributed by atoms with Crippen molar-refractivity contribution in [2.24, 2.45) is 0 Å². The Morgan fingerprint density at radius 3 is 2.80 bits per heavy atom. The van der Waals surface area contributed by atoms with Crippen LogP contribution in [0.15, 0.2) is 59.4 Å². The van der Waals surface area contributed by atoms with Gasteiger partial charge in [-0.2, -0.15) is 4.89 Å². The molecule has 1 aromatic carbocycles. The van der Waals surface area contributed by atoms with Gasteiger partial charge in [0.25, 0.3) is 0 Å². The highest BCUT2D eigenvalue weighted by molar-refractivity contribution is 6.31. The van der Waals surface area contributed by atoms with Gasteiger partial charge in [0.1, 0.15) is 6.10 Å². The summed E-state index contributed by atoms with van der Waals surface area (Å²) in [6.07, 6.45) is 6.05. The number of benzene rings is 1. The second kappa shape index (κ2) is 8.00. The van der Waals surface area contributed by atoms with E-state index < -0.39 is 0 Å². The summed E-state index contributed by atoms with van der Waals surface area (Å²) in [5, 5.41) is 0.561. The maximum absolute atomic E-state index is 12.7. The summed E-state index contributed by atoms with van der Waals surface area (Å²) in [5.41, 5.74) is 2.32. The quantitative estimate of drug-likeness (QED) is 0.559.